The molecule has 2 heterocycles. The fraction of sp³-hybridized carbons (Fsp3) is 0.600. The lowest BCUT2D eigenvalue weighted by atomic mass is 9.67. The van der Waals surface area contributed by atoms with Gasteiger partial charge in [-0.2, -0.15) is 0 Å². The predicted octanol–water partition coefficient (Wildman–Crippen LogP) is 2.79. The van der Waals surface area contributed by atoms with Crippen LogP contribution in [0.25, 0.3) is 0 Å². The molecule has 1 unspecified atom stereocenters. The van der Waals surface area contributed by atoms with Crippen LogP contribution in [0, 0.1) is 5.41 Å². The van der Waals surface area contributed by atoms with E-state index in [1.807, 2.05) is 28.0 Å². The fourth-order valence-electron chi connectivity index (χ4n) is 4.32. The van der Waals surface area contributed by atoms with E-state index in [1.54, 1.807) is 19.0 Å². The van der Waals surface area contributed by atoms with Crippen molar-refractivity contribution in [2.24, 2.45) is 5.41 Å². The van der Waals surface area contributed by atoms with Crippen LogP contribution >= 0.6 is 0 Å². The number of carbonyl (C=O) groups is 2. The molecule has 2 aliphatic rings. The lowest BCUT2D eigenvalue weighted by molar-refractivity contribution is -0.141. The molecule has 0 radical (unpaired) electrons. The van der Waals surface area contributed by atoms with Crippen LogP contribution in [0.4, 0.5) is 4.79 Å². The number of amides is 3. The third-order valence-electron chi connectivity index (χ3n) is 5.83. The van der Waals surface area contributed by atoms with Crippen LogP contribution in [0.2, 0.25) is 0 Å². The van der Waals surface area contributed by atoms with Crippen molar-refractivity contribution in [1.82, 2.24) is 14.7 Å². The third-order valence-corrected chi connectivity index (χ3v) is 5.83. The number of nitrogens with zero attached hydrogens (tertiary/aromatic N) is 3. The standard InChI is InChI=1S/C20H29N3O2/c1-4-22-15-20(10-12-23(13-11-20)19(25)21(2)3)14-17(18(22)24)16-8-6-5-7-9-16/h5-9,17H,4,10-15H2,1-3H3. The molecule has 0 N–H and O–H groups in total. The smallest absolute Gasteiger partial charge is 0.319 e. The van der Waals surface area contributed by atoms with Gasteiger partial charge in [0.1, 0.15) is 0 Å². The first-order chi connectivity index (χ1) is 12.0. The lowest BCUT2D eigenvalue weighted by Crippen LogP contribution is -2.55. The van der Waals surface area contributed by atoms with Gasteiger partial charge in [-0.15, -0.1) is 0 Å². The average Bonchev–Trinajstić information content (AvgIpc) is 2.64. The highest BCUT2D eigenvalue weighted by Gasteiger charge is 2.46. The van der Waals surface area contributed by atoms with E-state index in [0.29, 0.717) is 0 Å². The van der Waals surface area contributed by atoms with Crippen molar-refractivity contribution >= 4 is 11.9 Å². The summed E-state index contributed by atoms with van der Waals surface area (Å²) in [7, 11) is 3.60. The Hall–Kier alpha value is -2.04. The minimum atomic E-state index is -0.0500. The van der Waals surface area contributed by atoms with Gasteiger partial charge in [-0.05, 0) is 37.2 Å². The largest absolute Gasteiger partial charge is 0.342 e. The normalized spacial score (nSPS) is 23.0. The Kier molecular flexibility index (Phi) is 5.02. The fourth-order valence-corrected chi connectivity index (χ4v) is 4.32. The summed E-state index contributed by atoms with van der Waals surface area (Å²) < 4.78 is 0. The molecule has 2 aliphatic heterocycles. The van der Waals surface area contributed by atoms with Crippen LogP contribution in [0.3, 0.4) is 0 Å². The number of rotatable bonds is 2. The Morgan fingerprint density at radius 1 is 1.20 bits per heavy atom. The lowest BCUT2D eigenvalue weighted by Gasteiger charge is -2.50. The Morgan fingerprint density at radius 2 is 1.84 bits per heavy atom. The second kappa shape index (κ2) is 7.06. The molecule has 1 aromatic rings. The molecule has 136 valence electrons. The van der Waals surface area contributed by atoms with Crippen LogP contribution < -0.4 is 0 Å². The predicted molar refractivity (Wildman–Crippen MR) is 98.4 cm³/mol. The molecule has 1 aromatic carbocycles. The number of urea groups is 1. The molecule has 1 spiro atoms. The second-order valence-corrected chi connectivity index (χ2v) is 7.68. The highest BCUT2D eigenvalue weighted by Crippen LogP contribution is 2.45. The molecule has 25 heavy (non-hydrogen) atoms. The average molecular weight is 343 g/mol. The SMILES string of the molecule is CCN1CC2(CCN(C(=O)N(C)C)CC2)CC(c2ccccc2)C1=O. The van der Waals surface area contributed by atoms with Crippen LogP contribution in [0.5, 0.6) is 0 Å². The van der Waals surface area contributed by atoms with Crippen LogP contribution in [0.15, 0.2) is 30.3 Å². The summed E-state index contributed by atoms with van der Waals surface area (Å²) in [6, 6.07) is 10.3. The topological polar surface area (TPSA) is 43.9 Å². The van der Waals surface area contributed by atoms with Crippen molar-refractivity contribution in [1.29, 1.82) is 0 Å². The van der Waals surface area contributed by atoms with Gasteiger partial charge in [0.15, 0.2) is 0 Å². The maximum absolute atomic E-state index is 12.9. The van der Waals surface area contributed by atoms with Gasteiger partial charge in [0.05, 0.1) is 5.92 Å². The van der Waals surface area contributed by atoms with Gasteiger partial charge in [0.25, 0.3) is 0 Å². The summed E-state index contributed by atoms with van der Waals surface area (Å²) in [5, 5.41) is 0. The van der Waals surface area contributed by atoms with Gasteiger partial charge in [-0.25, -0.2) is 4.79 Å². The summed E-state index contributed by atoms with van der Waals surface area (Å²) in [5.74, 6) is 0.206. The number of carbonyl (C=O) groups excluding carboxylic acids is 2. The Bertz CT molecular complexity index is 621. The van der Waals surface area contributed by atoms with Crippen LogP contribution in [-0.2, 0) is 4.79 Å². The summed E-state index contributed by atoms with van der Waals surface area (Å²) >= 11 is 0. The maximum Gasteiger partial charge on any atom is 0.319 e. The highest BCUT2D eigenvalue weighted by molar-refractivity contribution is 5.84. The molecular formula is C20H29N3O2. The Balaban J connectivity index is 1.78. The zero-order valence-corrected chi connectivity index (χ0v) is 15.6. The van der Waals surface area contributed by atoms with Gasteiger partial charge in [0, 0.05) is 40.3 Å². The molecule has 0 aromatic heterocycles. The molecule has 0 aliphatic carbocycles. The monoisotopic (exact) mass is 343 g/mol. The van der Waals surface area contributed by atoms with Gasteiger partial charge >= 0.3 is 6.03 Å². The molecular weight excluding hydrogens is 314 g/mol. The van der Waals surface area contributed by atoms with Crippen molar-refractivity contribution in [3.8, 4) is 0 Å². The zero-order valence-electron chi connectivity index (χ0n) is 15.6. The summed E-state index contributed by atoms with van der Waals surface area (Å²) in [4.78, 5) is 30.7. The molecule has 2 saturated heterocycles. The van der Waals surface area contributed by atoms with Gasteiger partial charge in [-0.1, -0.05) is 30.3 Å². The molecule has 3 rings (SSSR count). The van der Waals surface area contributed by atoms with E-state index in [0.717, 1.165) is 51.0 Å². The van der Waals surface area contributed by atoms with E-state index in [9.17, 15) is 9.59 Å². The number of likely N-dealkylation sites (tertiary alicyclic amines) is 2. The van der Waals surface area contributed by atoms with Crippen molar-refractivity contribution < 1.29 is 9.59 Å². The van der Waals surface area contributed by atoms with E-state index in [2.05, 4.69) is 19.1 Å². The van der Waals surface area contributed by atoms with Gasteiger partial charge < -0.3 is 14.7 Å². The minimum Gasteiger partial charge on any atom is -0.342 e. The first kappa shape index (κ1) is 17.8. The van der Waals surface area contributed by atoms with Gasteiger partial charge in [0.2, 0.25) is 5.91 Å². The summed E-state index contributed by atoms with van der Waals surface area (Å²) in [6.07, 6.45) is 2.84. The zero-order chi connectivity index (χ0) is 18.0. The number of hydrogen-bond donors (Lipinski definition) is 0. The molecule has 1 atom stereocenters. The Morgan fingerprint density at radius 3 is 2.40 bits per heavy atom. The molecule has 3 amide bonds. The van der Waals surface area contributed by atoms with Crippen molar-refractivity contribution in [3.05, 3.63) is 35.9 Å². The van der Waals surface area contributed by atoms with E-state index in [1.165, 1.54) is 0 Å². The van der Waals surface area contributed by atoms with Crippen molar-refractivity contribution in [3.63, 3.8) is 0 Å². The molecule has 5 nitrogen and oxygen atoms in total. The highest BCUT2D eigenvalue weighted by atomic mass is 16.2. The van der Waals surface area contributed by atoms with Crippen molar-refractivity contribution in [2.75, 3.05) is 40.3 Å². The third kappa shape index (κ3) is 3.51. The number of piperidine rings is 2. The van der Waals surface area contributed by atoms with Crippen LogP contribution in [-0.4, -0.2) is 66.9 Å². The molecule has 0 saturated carbocycles. The van der Waals surface area contributed by atoms with Crippen molar-refractivity contribution in [2.45, 2.75) is 32.1 Å². The van der Waals surface area contributed by atoms with E-state index in [-0.39, 0.29) is 23.3 Å². The molecule has 0 bridgehead atoms. The maximum atomic E-state index is 12.9. The number of benzene rings is 1. The summed E-state index contributed by atoms with van der Waals surface area (Å²) in [6.45, 7) is 5.21. The van der Waals surface area contributed by atoms with E-state index in [4.69, 9.17) is 0 Å². The Labute approximate surface area is 150 Å². The van der Waals surface area contributed by atoms with E-state index < -0.39 is 0 Å². The quantitative estimate of drug-likeness (QED) is 0.829. The van der Waals surface area contributed by atoms with Crippen LogP contribution in [0.1, 0.15) is 37.7 Å². The first-order valence-electron chi connectivity index (χ1n) is 9.26. The van der Waals surface area contributed by atoms with E-state index >= 15 is 0 Å². The molecule has 2 fully saturated rings. The number of hydrogen-bond acceptors (Lipinski definition) is 2. The second-order valence-electron chi connectivity index (χ2n) is 7.68. The minimum absolute atomic E-state index is 0.0500. The first-order valence-corrected chi connectivity index (χ1v) is 9.26. The van der Waals surface area contributed by atoms with Gasteiger partial charge in [-0.3, -0.25) is 4.79 Å². The number of likely N-dealkylation sites (N-methyl/N-ethyl adjacent to an activating group) is 1. The summed E-state index contributed by atoms with van der Waals surface area (Å²) in [5.41, 5.74) is 1.25. The molecule has 5 heteroatoms.